The monoisotopic (exact) mass is 635 g/mol. The van der Waals surface area contributed by atoms with Gasteiger partial charge in [-0.2, -0.15) is 0 Å². The van der Waals surface area contributed by atoms with Gasteiger partial charge in [0.15, 0.2) is 6.29 Å². The maximum Gasteiger partial charge on any atom is 0.243 e. The molecule has 9 nitrogen and oxygen atoms in total. The second-order valence-corrected chi connectivity index (χ2v) is 15.0. The molecule has 1 saturated carbocycles. The van der Waals surface area contributed by atoms with Gasteiger partial charge in [0.2, 0.25) is 11.8 Å². The summed E-state index contributed by atoms with van der Waals surface area (Å²) >= 11 is 0. The Morgan fingerprint density at radius 1 is 0.870 bits per heavy atom. The first-order valence-corrected chi connectivity index (χ1v) is 17.1. The minimum absolute atomic E-state index is 0.0117. The van der Waals surface area contributed by atoms with Crippen molar-refractivity contribution in [3.05, 3.63) is 70.8 Å². The summed E-state index contributed by atoms with van der Waals surface area (Å²) in [7, 11) is 0. The van der Waals surface area contributed by atoms with E-state index in [1.165, 1.54) is 19.3 Å². The molecule has 2 bridgehead atoms. The fourth-order valence-corrected chi connectivity index (χ4v) is 8.15. The lowest BCUT2D eigenvalue weighted by Crippen LogP contribution is -2.42. The zero-order valence-corrected chi connectivity index (χ0v) is 27.8. The van der Waals surface area contributed by atoms with Crippen LogP contribution in [0.25, 0.3) is 0 Å². The topological polar surface area (TPSA) is 120 Å². The van der Waals surface area contributed by atoms with Gasteiger partial charge in [0, 0.05) is 50.5 Å². The van der Waals surface area contributed by atoms with E-state index < -0.39 is 6.29 Å². The molecule has 2 aliphatic heterocycles. The molecular weight excluding hydrogens is 582 g/mol. The van der Waals surface area contributed by atoms with Crippen LogP contribution in [0.4, 0.5) is 0 Å². The number of hydrogen-bond donors (Lipinski definition) is 4. The van der Waals surface area contributed by atoms with Crippen molar-refractivity contribution in [2.75, 3.05) is 13.1 Å². The number of carbonyl (C=O) groups excluding carboxylic acids is 2. The number of aliphatic hydroxyl groups is 1. The summed E-state index contributed by atoms with van der Waals surface area (Å²) in [5.41, 5.74) is 6.32. The molecule has 2 aromatic rings. The third kappa shape index (κ3) is 9.38. The number of nitrogens with zero attached hydrogens (tertiary/aromatic N) is 1. The van der Waals surface area contributed by atoms with Crippen molar-refractivity contribution in [3.8, 4) is 0 Å². The van der Waals surface area contributed by atoms with Crippen LogP contribution in [-0.4, -0.2) is 52.3 Å². The van der Waals surface area contributed by atoms with Gasteiger partial charge in [0.25, 0.3) is 0 Å². The molecule has 252 valence electrons. The van der Waals surface area contributed by atoms with E-state index in [2.05, 4.69) is 43.1 Å². The molecule has 0 spiro atoms. The van der Waals surface area contributed by atoms with Crippen LogP contribution in [0.5, 0.6) is 0 Å². The maximum atomic E-state index is 12.4. The van der Waals surface area contributed by atoms with Crippen LogP contribution in [-0.2, 0) is 32.2 Å². The number of unbranched alkanes of at least 4 members (excludes halogenated alkanes) is 3. The van der Waals surface area contributed by atoms with Crippen LogP contribution in [0.15, 0.2) is 48.5 Å². The number of likely N-dealkylation sites (tertiary alicyclic amines) is 1. The molecule has 2 saturated heterocycles. The Labute approximate surface area is 274 Å². The summed E-state index contributed by atoms with van der Waals surface area (Å²) in [4.78, 5) is 26.1. The van der Waals surface area contributed by atoms with Crippen molar-refractivity contribution >= 4 is 11.8 Å². The van der Waals surface area contributed by atoms with Gasteiger partial charge < -0.3 is 19.9 Å². The predicted octanol–water partition coefficient (Wildman–Crippen LogP) is 6.09. The number of benzene rings is 2. The normalized spacial score (nSPS) is 27.3. The first-order valence-electron chi connectivity index (χ1n) is 17.1. The molecule has 3 aliphatic rings. The average molecular weight is 636 g/mol. The van der Waals surface area contributed by atoms with E-state index in [9.17, 15) is 14.7 Å². The molecule has 0 radical (unpaired) electrons. The first kappa shape index (κ1) is 34.5. The number of carbonyl (C=O) groups is 2. The van der Waals surface area contributed by atoms with Crippen LogP contribution in [0.3, 0.4) is 0 Å². The number of aliphatic hydroxyl groups excluding tert-OH is 1. The van der Waals surface area contributed by atoms with Crippen molar-refractivity contribution in [1.82, 2.24) is 15.7 Å². The average Bonchev–Trinajstić information content (AvgIpc) is 3.28. The van der Waals surface area contributed by atoms with Gasteiger partial charge in [-0.05, 0) is 59.6 Å². The van der Waals surface area contributed by atoms with Gasteiger partial charge in [-0.3, -0.25) is 19.7 Å². The number of amides is 2. The lowest BCUT2D eigenvalue weighted by atomic mass is 9.65. The highest BCUT2D eigenvalue weighted by Gasteiger charge is 2.50. The molecule has 5 rings (SSSR count). The molecule has 46 heavy (non-hydrogen) atoms. The molecule has 0 aromatic heterocycles. The fraction of sp³-hybridized carbons (Fsp3) is 0.622. The highest BCUT2D eigenvalue weighted by atomic mass is 16.7. The quantitative estimate of drug-likeness (QED) is 0.113. The minimum Gasteiger partial charge on any atom is -0.392 e. The Bertz CT molecular complexity index is 1300. The second-order valence-electron chi connectivity index (χ2n) is 15.0. The van der Waals surface area contributed by atoms with E-state index in [4.69, 9.17) is 14.7 Å². The van der Waals surface area contributed by atoms with Crippen molar-refractivity contribution in [2.45, 2.75) is 123 Å². The molecule has 4 N–H and O–H groups in total. The van der Waals surface area contributed by atoms with Crippen LogP contribution in [0.2, 0.25) is 0 Å². The largest absolute Gasteiger partial charge is 0.392 e. The van der Waals surface area contributed by atoms with Gasteiger partial charge in [-0.25, -0.2) is 5.48 Å². The summed E-state index contributed by atoms with van der Waals surface area (Å²) < 4.78 is 13.3. The number of fused-ring (bicyclic) bond motifs is 2. The second kappa shape index (κ2) is 15.4. The Kier molecular flexibility index (Phi) is 11.5. The van der Waals surface area contributed by atoms with Crippen LogP contribution in [0.1, 0.15) is 120 Å². The van der Waals surface area contributed by atoms with Gasteiger partial charge in [-0.15, -0.1) is 0 Å². The van der Waals surface area contributed by atoms with E-state index in [1.54, 1.807) is 5.48 Å². The SMILES string of the molecule is CC1(C)CC2CC(C)(CN2C[C@@H]2C[C@H](c3ccc(CO)cc3)O[C@H](c3ccc(CNC(=O)CCCCCCC(=O)NO)cc3)O2)C1. The highest BCUT2D eigenvalue weighted by Crippen LogP contribution is 2.53. The van der Waals surface area contributed by atoms with Crippen LogP contribution in [0, 0.1) is 10.8 Å². The summed E-state index contributed by atoms with van der Waals surface area (Å²) in [5.74, 6) is -0.362. The molecule has 2 heterocycles. The molecule has 2 aromatic carbocycles. The summed E-state index contributed by atoms with van der Waals surface area (Å²) in [6.07, 6.45) is 7.87. The number of rotatable bonds is 14. The number of hydroxylamine groups is 1. The fourth-order valence-electron chi connectivity index (χ4n) is 8.15. The van der Waals surface area contributed by atoms with Gasteiger partial charge in [0.05, 0.1) is 18.8 Å². The lowest BCUT2D eigenvalue weighted by Gasteiger charge is -2.41. The van der Waals surface area contributed by atoms with Gasteiger partial charge in [0.1, 0.15) is 0 Å². The van der Waals surface area contributed by atoms with Gasteiger partial charge >= 0.3 is 0 Å². The number of ether oxygens (including phenoxy) is 2. The van der Waals surface area contributed by atoms with E-state index in [-0.39, 0.29) is 30.6 Å². The molecule has 3 fully saturated rings. The Balaban J connectivity index is 1.17. The smallest absolute Gasteiger partial charge is 0.243 e. The summed E-state index contributed by atoms with van der Waals surface area (Å²) in [5, 5.41) is 21.1. The van der Waals surface area contributed by atoms with E-state index in [0.29, 0.717) is 42.7 Å². The lowest BCUT2D eigenvalue weighted by molar-refractivity contribution is -0.253. The van der Waals surface area contributed by atoms with Crippen molar-refractivity contribution < 1.29 is 29.4 Å². The molecule has 5 atom stereocenters. The van der Waals surface area contributed by atoms with Crippen molar-refractivity contribution in [2.24, 2.45) is 10.8 Å². The standard InChI is InChI=1S/C37H53N3O6/c1-36(2)19-30-20-37(3,24-36)25-40(30)22-31-18-32(28-14-12-27(23-41)13-15-28)46-35(45-31)29-16-10-26(11-17-29)21-38-33(42)8-6-4-5-7-9-34(43)39-44/h10-17,30-32,35,41,44H,4-9,18-25H2,1-3H3,(H,38,42)(H,39,43)/t30?,31-,32+,35+,37?/m0/s1. The zero-order valence-electron chi connectivity index (χ0n) is 27.8. The van der Waals surface area contributed by atoms with Crippen molar-refractivity contribution in [3.63, 3.8) is 0 Å². The minimum atomic E-state index is -0.498. The Morgan fingerprint density at radius 3 is 2.20 bits per heavy atom. The third-order valence-corrected chi connectivity index (χ3v) is 10.0. The number of nitrogens with one attached hydrogen (secondary N) is 2. The summed E-state index contributed by atoms with van der Waals surface area (Å²) in [6, 6.07) is 16.8. The molecule has 1 aliphatic carbocycles. The van der Waals surface area contributed by atoms with E-state index in [0.717, 1.165) is 61.0 Å². The van der Waals surface area contributed by atoms with Crippen molar-refractivity contribution in [1.29, 1.82) is 0 Å². The Morgan fingerprint density at radius 2 is 1.52 bits per heavy atom. The first-order chi connectivity index (χ1) is 22.0. The summed E-state index contributed by atoms with van der Waals surface area (Å²) in [6.45, 7) is 9.76. The number of hydrogen-bond acceptors (Lipinski definition) is 7. The molecule has 2 amide bonds. The zero-order chi connectivity index (χ0) is 32.7. The third-order valence-electron chi connectivity index (χ3n) is 10.0. The molecular formula is C37H53N3O6. The van der Waals surface area contributed by atoms with Crippen LogP contribution < -0.4 is 10.8 Å². The predicted molar refractivity (Wildman–Crippen MR) is 175 cm³/mol. The van der Waals surface area contributed by atoms with E-state index in [1.807, 2.05) is 36.4 Å². The van der Waals surface area contributed by atoms with E-state index >= 15 is 0 Å². The molecule has 2 unspecified atom stereocenters. The highest BCUT2D eigenvalue weighted by molar-refractivity contribution is 5.75. The maximum absolute atomic E-state index is 12.4. The van der Waals surface area contributed by atoms with Crippen LogP contribution >= 0.6 is 0 Å². The molecule has 9 heteroatoms. The van der Waals surface area contributed by atoms with Gasteiger partial charge in [-0.1, -0.05) is 82.1 Å². The Hall–Kier alpha value is -2.82.